The average molecular weight is 203 g/mol. The number of hydrogen-bond acceptors (Lipinski definition) is 0. The van der Waals surface area contributed by atoms with Crippen molar-refractivity contribution >= 4 is 23.0 Å². The van der Waals surface area contributed by atoms with E-state index in [2.05, 4.69) is 5.32 Å². The SMILES string of the molecule is Clc1ccccc1[N]c1ccccc1. The Bertz CT molecular complexity index is 412. The second-order valence-electron chi connectivity index (χ2n) is 2.90. The summed E-state index contributed by atoms with van der Waals surface area (Å²) < 4.78 is 0. The molecular weight excluding hydrogens is 194 g/mol. The number of hydrogen-bond donors (Lipinski definition) is 0. The summed E-state index contributed by atoms with van der Waals surface area (Å²) in [6.07, 6.45) is 0. The van der Waals surface area contributed by atoms with Gasteiger partial charge >= 0.3 is 0 Å². The summed E-state index contributed by atoms with van der Waals surface area (Å²) in [5, 5.41) is 5.09. The Labute approximate surface area is 88.3 Å². The smallest absolute Gasteiger partial charge is 0.0823 e. The van der Waals surface area contributed by atoms with Crippen molar-refractivity contribution in [3.05, 3.63) is 59.6 Å². The maximum atomic E-state index is 5.98. The molecule has 0 amide bonds. The molecule has 0 N–H and O–H groups in total. The number of nitrogens with zero attached hydrogens (tertiary/aromatic N) is 1. The number of benzene rings is 2. The Balaban J connectivity index is 2.24. The molecule has 0 saturated carbocycles. The van der Waals surface area contributed by atoms with Gasteiger partial charge in [0, 0.05) is 0 Å². The van der Waals surface area contributed by atoms with Gasteiger partial charge in [0.25, 0.3) is 0 Å². The minimum atomic E-state index is 0.677. The third-order valence-electron chi connectivity index (χ3n) is 1.86. The molecule has 0 aromatic heterocycles. The van der Waals surface area contributed by atoms with Crippen LogP contribution in [0.2, 0.25) is 5.02 Å². The average Bonchev–Trinajstić information content (AvgIpc) is 2.23. The van der Waals surface area contributed by atoms with Gasteiger partial charge in [0.2, 0.25) is 0 Å². The number of para-hydroxylation sites is 2. The lowest BCUT2D eigenvalue weighted by Crippen LogP contribution is -1.88. The third-order valence-corrected chi connectivity index (χ3v) is 2.18. The molecule has 14 heavy (non-hydrogen) atoms. The van der Waals surface area contributed by atoms with Gasteiger partial charge in [-0.2, -0.15) is 0 Å². The molecular formula is C12H9ClN. The number of rotatable bonds is 2. The predicted octanol–water partition coefficient (Wildman–Crippen LogP) is 3.91. The van der Waals surface area contributed by atoms with Gasteiger partial charge in [-0.15, -0.1) is 0 Å². The highest BCUT2D eigenvalue weighted by atomic mass is 35.5. The first kappa shape index (κ1) is 9.10. The van der Waals surface area contributed by atoms with Gasteiger partial charge < -0.3 is 0 Å². The van der Waals surface area contributed by atoms with Crippen LogP contribution in [0.15, 0.2) is 54.6 Å². The molecule has 0 spiro atoms. The largest absolute Gasteiger partial charge is 0.247 e. The fraction of sp³-hybridized carbons (Fsp3) is 0. The van der Waals surface area contributed by atoms with E-state index in [0.29, 0.717) is 5.02 Å². The van der Waals surface area contributed by atoms with E-state index in [4.69, 9.17) is 11.6 Å². The Kier molecular flexibility index (Phi) is 2.70. The lowest BCUT2D eigenvalue weighted by atomic mass is 10.3. The monoisotopic (exact) mass is 202 g/mol. The summed E-state index contributed by atoms with van der Waals surface area (Å²) in [5.74, 6) is 0. The van der Waals surface area contributed by atoms with Crippen LogP contribution >= 0.6 is 11.6 Å². The van der Waals surface area contributed by atoms with Gasteiger partial charge in [0.05, 0.1) is 16.4 Å². The van der Waals surface area contributed by atoms with Crippen molar-refractivity contribution in [2.24, 2.45) is 0 Å². The second-order valence-corrected chi connectivity index (χ2v) is 3.31. The summed E-state index contributed by atoms with van der Waals surface area (Å²) in [4.78, 5) is 0. The van der Waals surface area contributed by atoms with Crippen LogP contribution in [0.1, 0.15) is 0 Å². The van der Waals surface area contributed by atoms with Crippen LogP contribution in [0.5, 0.6) is 0 Å². The van der Waals surface area contributed by atoms with E-state index in [1.54, 1.807) is 0 Å². The van der Waals surface area contributed by atoms with E-state index < -0.39 is 0 Å². The molecule has 0 unspecified atom stereocenters. The Hall–Kier alpha value is -1.47. The van der Waals surface area contributed by atoms with Crippen molar-refractivity contribution in [1.29, 1.82) is 0 Å². The molecule has 0 fully saturated rings. The van der Waals surface area contributed by atoms with Crippen LogP contribution in [-0.4, -0.2) is 0 Å². The molecule has 2 rings (SSSR count). The standard InChI is InChI=1S/C12H9ClN/c13-11-8-4-5-9-12(11)14-10-6-2-1-3-7-10/h1-9H. The Morgan fingerprint density at radius 1 is 0.786 bits per heavy atom. The molecule has 2 heteroatoms. The Morgan fingerprint density at radius 2 is 1.43 bits per heavy atom. The van der Waals surface area contributed by atoms with Crippen LogP contribution in [0.3, 0.4) is 0 Å². The highest BCUT2D eigenvalue weighted by Gasteiger charge is 1.99. The van der Waals surface area contributed by atoms with Gasteiger partial charge in [-0.25, -0.2) is 5.32 Å². The van der Waals surface area contributed by atoms with E-state index in [1.807, 2.05) is 54.6 Å². The molecule has 2 aromatic carbocycles. The zero-order valence-corrected chi connectivity index (χ0v) is 8.28. The van der Waals surface area contributed by atoms with Gasteiger partial charge in [-0.05, 0) is 24.3 Å². The van der Waals surface area contributed by atoms with E-state index in [0.717, 1.165) is 11.4 Å². The molecule has 0 atom stereocenters. The fourth-order valence-electron chi connectivity index (χ4n) is 1.18. The topological polar surface area (TPSA) is 14.1 Å². The zero-order valence-electron chi connectivity index (χ0n) is 7.52. The number of halogens is 1. The zero-order chi connectivity index (χ0) is 9.80. The van der Waals surface area contributed by atoms with Crippen LogP contribution in [0.25, 0.3) is 0 Å². The first-order valence-electron chi connectivity index (χ1n) is 4.37. The van der Waals surface area contributed by atoms with E-state index in [1.165, 1.54) is 0 Å². The van der Waals surface area contributed by atoms with E-state index in [-0.39, 0.29) is 0 Å². The van der Waals surface area contributed by atoms with Gasteiger partial charge in [-0.1, -0.05) is 41.9 Å². The second kappa shape index (κ2) is 4.16. The maximum absolute atomic E-state index is 5.98. The lowest BCUT2D eigenvalue weighted by molar-refractivity contribution is 1.19. The summed E-state index contributed by atoms with van der Waals surface area (Å²) in [6, 6.07) is 17.3. The van der Waals surface area contributed by atoms with Crippen molar-refractivity contribution in [2.45, 2.75) is 0 Å². The van der Waals surface area contributed by atoms with Crippen LogP contribution in [0, 0.1) is 0 Å². The van der Waals surface area contributed by atoms with Crippen molar-refractivity contribution in [3.8, 4) is 0 Å². The van der Waals surface area contributed by atoms with Crippen molar-refractivity contribution < 1.29 is 0 Å². The molecule has 69 valence electrons. The molecule has 0 saturated heterocycles. The minimum absolute atomic E-state index is 0.677. The summed E-state index contributed by atoms with van der Waals surface area (Å²) in [5.41, 5.74) is 1.72. The normalized spacial score (nSPS) is 9.79. The lowest BCUT2D eigenvalue weighted by Gasteiger charge is -2.03. The third kappa shape index (κ3) is 2.06. The summed E-state index contributed by atoms with van der Waals surface area (Å²) in [6.45, 7) is 0. The highest BCUT2D eigenvalue weighted by molar-refractivity contribution is 6.32. The summed E-state index contributed by atoms with van der Waals surface area (Å²) >= 11 is 5.98. The first-order valence-corrected chi connectivity index (χ1v) is 4.75. The van der Waals surface area contributed by atoms with Crippen molar-refractivity contribution in [1.82, 2.24) is 5.32 Å². The summed E-state index contributed by atoms with van der Waals surface area (Å²) in [7, 11) is 0. The molecule has 1 radical (unpaired) electrons. The predicted molar refractivity (Wildman–Crippen MR) is 59.3 cm³/mol. The molecule has 0 aliphatic carbocycles. The van der Waals surface area contributed by atoms with Crippen molar-refractivity contribution in [2.75, 3.05) is 0 Å². The van der Waals surface area contributed by atoms with Crippen LogP contribution in [0.4, 0.5) is 11.4 Å². The first-order chi connectivity index (χ1) is 6.86. The van der Waals surface area contributed by atoms with Gasteiger partial charge in [0.1, 0.15) is 0 Å². The van der Waals surface area contributed by atoms with Crippen molar-refractivity contribution in [3.63, 3.8) is 0 Å². The molecule has 0 bridgehead atoms. The fourth-order valence-corrected chi connectivity index (χ4v) is 1.36. The van der Waals surface area contributed by atoms with E-state index in [9.17, 15) is 0 Å². The maximum Gasteiger partial charge on any atom is 0.0823 e. The molecule has 0 aliphatic heterocycles. The Morgan fingerprint density at radius 3 is 2.14 bits per heavy atom. The molecule has 2 aromatic rings. The quantitative estimate of drug-likeness (QED) is 0.701. The van der Waals surface area contributed by atoms with E-state index >= 15 is 0 Å². The minimum Gasteiger partial charge on any atom is -0.247 e. The molecule has 1 nitrogen and oxygen atoms in total. The van der Waals surface area contributed by atoms with Crippen LogP contribution < -0.4 is 5.32 Å². The van der Waals surface area contributed by atoms with Crippen LogP contribution in [-0.2, 0) is 0 Å². The van der Waals surface area contributed by atoms with Gasteiger partial charge in [0.15, 0.2) is 0 Å². The molecule has 0 heterocycles. The van der Waals surface area contributed by atoms with Gasteiger partial charge in [-0.3, -0.25) is 0 Å². The highest BCUT2D eigenvalue weighted by Crippen LogP contribution is 2.24. The molecule has 0 aliphatic rings.